The number of fused-ring (bicyclic) bond motifs is 3. The van der Waals surface area contributed by atoms with E-state index in [9.17, 15) is 0 Å². The lowest BCUT2D eigenvalue weighted by molar-refractivity contribution is 0.439. The molecule has 2 saturated heterocycles. The fourth-order valence-electron chi connectivity index (χ4n) is 5.43. The Morgan fingerprint density at radius 3 is 2.43 bits per heavy atom. The first kappa shape index (κ1) is 13.7. The van der Waals surface area contributed by atoms with Crippen molar-refractivity contribution in [3.8, 4) is 0 Å². The van der Waals surface area contributed by atoms with E-state index in [0.717, 1.165) is 18.3 Å². The summed E-state index contributed by atoms with van der Waals surface area (Å²) >= 11 is 0. The molecule has 0 amide bonds. The summed E-state index contributed by atoms with van der Waals surface area (Å²) in [5.41, 5.74) is 3.03. The van der Waals surface area contributed by atoms with Crippen molar-refractivity contribution in [2.45, 2.75) is 75.2 Å². The molecule has 0 radical (unpaired) electrons. The predicted molar refractivity (Wildman–Crippen MR) is 93.2 cm³/mol. The largest absolute Gasteiger partial charge is 0.146 e. The Balaban J connectivity index is 1.33. The number of hydrogen-bond donors (Lipinski definition) is 0. The van der Waals surface area contributed by atoms with Gasteiger partial charge in [-0.3, -0.25) is 0 Å². The van der Waals surface area contributed by atoms with E-state index in [-0.39, 0.29) is 0 Å². The molecule has 2 fully saturated rings. The lowest BCUT2D eigenvalue weighted by atomic mass is 9.26. The first-order valence-electron chi connectivity index (χ1n) is 9.19. The van der Waals surface area contributed by atoms with E-state index in [4.69, 9.17) is 0 Å². The zero-order chi connectivity index (χ0) is 14.1. The van der Waals surface area contributed by atoms with Crippen LogP contribution in [0.5, 0.6) is 0 Å². The Kier molecular flexibility index (Phi) is 3.92. The van der Waals surface area contributed by atoms with Gasteiger partial charge in [0, 0.05) is 5.92 Å². The SMILES string of the molecule is C1=CC(CCCB2C3CCCC2CCC3)c2ccccc21. The maximum atomic E-state index is 2.44. The molecule has 110 valence electrons. The molecule has 1 atom stereocenters. The second-order valence-electron chi connectivity index (χ2n) is 7.57. The van der Waals surface area contributed by atoms with Gasteiger partial charge in [-0.25, -0.2) is 0 Å². The molecule has 1 aromatic carbocycles. The Bertz CT molecular complexity index is 496. The lowest BCUT2D eigenvalue weighted by Crippen LogP contribution is -2.34. The second kappa shape index (κ2) is 6.03. The third-order valence-corrected chi connectivity index (χ3v) is 6.47. The van der Waals surface area contributed by atoms with Gasteiger partial charge in [0.15, 0.2) is 0 Å². The van der Waals surface area contributed by atoms with E-state index in [1.807, 2.05) is 0 Å². The minimum Gasteiger partial charge on any atom is -0.0764 e. The smallest absolute Gasteiger partial charge is 0.0764 e. The zero-order valence-corrected chi connectivity index (χ0v) is 13.1. The van der Waals surface area contributed by atoms with Crippen LogP contribution in [0.4, 0.5) is 0 Å². The van der Waals surface area contributed by atoms with Crippen LogP contribution >= 0.6 is 0 Å². The van der Waals surface area contributed by atoms with E-state index in [1.165, 1.54) is 63.3 Å². The molecule has 1 unspecified atom stereocenters. The van der Waals surface area contributed by atoms with Gasteiger partial charge in [-0.05, 0) is 17.5 Å². The first-order valence-corrected chi connectivity index (χ1v) is 9.19. The highest BCUT2D eigenvalue weighted by Gasteiger charge is 2.38. The van der Waals surface area contributed by atoms with Crippen molar-refractivity contribution in [2.24, 2.45) is 0 Å². The van der Waals surface area contributed by atoms with E-state index >= 15 is 0 Å². The molecule has 1 heteroatoms. The number of rotatable bonds is 4. The highest BCUT2D eigenvalue weighted by molar-refractivity contribution is 6.62. The van der Waals surface area contributed by atoms with Crippen molar-refractivity contribution in [2.75, 3.05) is 0 Å². The van der Waals surface area contributed by atoms with Crippen molar-refractivity contribution in [1.29, 1.82) is 0 Å². The van der Waals surface area contributed by atoms with Crippen LogP contribution in [0.3, 0.4) is 0 Å². The Labute approximate surface area is 130 Å². The Hall–Kier alpha value is -0.975. The molecule has 0 aromatic heterocycles. The van der Waals surface area contributed by atoms with Gasteiger partial charge >= 0.3 is 0 Å². The van der Waals surface area contributed by atoms with Gasteiger partial charge in [0.25, 0.3) is 0 Å². The Morgan fingerprint density at radius 1 is 0.952 bits per heavy atom. The normalized spacial score (nSPS) is 30.5. The van der Waals surface area contributed by atoms with Crippen LogP contribution in [0.1, 0.15) is 68.4 Å². The molecule has 3 aliphatic rings. The first-order chi connectivity index (χ1) is 10.4. The molecule has 4 rings (SSSR count). The molecule has 0 saturated carbocycles. The second-order valence-corrected chi connectivity index (χ2v) is 7.57. The van der Waals surface area contributed by atoms with Gasteiger partial charge in [0.2, 0.25) is 0 Å². The topological polar surface area (TPSA) is 0 Å². The average Bonchev–Trinajstić information content (AvgIpc) is 2.90. The third-order valence-electron chi connectivity index (χ3n) is 6.47. The highest BCUT2D eigenvalue weighted by atomic mass is 14.3. The summed E-state index contributed by atoms with van der Waals surface area (Å²) in [7, 11) is 0. The quantitative estimate of drug-likeness (QED) is 0.577. The van der Waals surface area contributed by atoms with Crippen LogP contribution < -0.4 is 0 Å². The van der Waals surface area contributed by atoms with Gasteiger partial charge in [-0.1, -0.05) is 99.3 Å². The van der Waals surface area contributed by atoms with Gasteiger partial charge < -0.3 is 0 Å². The van der Waals surface area contributed by atoms with E-state index < -0.39 is 0 Å². The molecule has 21 heavy (non-hydrogen) atoms. The molecule has 0 nitrogen and oxygen atoms in total. The van der Waals surface area contributed by atoms with Crippen molar-refractivity contribution < 1.29 is 0 Å². The molecular weight excluding hydrogens is 251 g/mol. The fraction of sp³-hybridized carbons (Fsp3) is 0.600. The van der Waals surface area contributed by atoms with Crippen LogP contribution in [0.15, 0.2) is 30.3 Å². The molecule has 2 heterocycles. The summed E-state index contributed by atoms with van der Waals surface area (Å²) in [4.78, 5) is 0. The highest BCUT2D eigenvalue weighted by Crippen LogP contribution is 2.48. The molecule has 1 aromatic rings. The standard InChI is InChI=1S/C20H27B/c1-2-12-20-16(6-1)13-14-17(20)7-5-15-21-18-8-3-9-19(21)11-4-10-18/h1-2,6,12-14,17-19H,3-5,7-11,15H2. The maximum Gasteiger partial charge on any atom is 0.146 e. The molecule has 2 bridgehead atoms. The molecule has 0 spiro atoms. The summed E-state index contributed by atoms with van der Waals surface area (Å²) in [6.45, 7) is 1.08. The Morgan fingerprint density at radius 2 is 1.67 bits per heavy atom. The number of benzene rings is 1. The van der Waals surface area contributed by atoms with Gasteiger partial charge in [-0.2, -0.15) is 0 Å². The zero-order valence-electron chi connectivity index (χ0n) is 13.1. The summed E-state index contributed by atoms with van der Waals surface area (Å²) in [5.74, 6) is 2.87. The van der Waals surface area contributed by atoms with Crippen LogP contribution in [-0.2, 0) is 0 Å². The maximum absolute atomic E-state index is 2.44. The minimum absolute atomic E-state index is 0.699. The predicted octanol–water partition coefficient (Wildman–Crippen LogP) is 6.18. The van der Waals surface area contributed by atoms with Crippen molar-refractivity contribution in [3.05, 3.63) is 41.5 Å². The van der Waals surface area contributed by atoms with Crippen molar-refractivity contribution >= 4 is 12.8 Å². The van der Waals surface area contributed by atoms with E-state index in [1.54, 1.807) is 5.56 Å². The van der Waals surface area contributed by atoms with E-state index in [2.05, 4.69) is 36.4 Å². The van der Waals surface area contributed by atoms with Crippen molar-refractivity contribution in [3.63, 3.8) is 0 Å². The summed E-state index contributed by atoms with van der Waals surface area (Å²) in [6.07, 6.45) is 18.2. The van der Waals surface area contributed by atoms with Gasteiger partial charge in [0.05, 0.1) is 0 Å². The minimum atomic E-state index is 0.699. The average molecular weight is 278 g/mol. The van der Waals surface area contributed by atoms with E-state index in [0.29, 0.717) is 5.92 Å². The summed E-state index contributed by atoms with van der Waals surface area (Å²) in [5, 5.41) is 0. The van der Waals surface area contributed by atoms with Crippen molar-refractivity contribution in [1.82, 2.24) is 0 Å². The molecule has 0 N–H and O–H groups in total. The van der Waals surface area contributed by atoms with Crippen LogP contribution in [0.25, 0.3) is 6.08 Å². The van der Waals surface area contributed by atoms with Crippen LogP contribution in [0.2, 0.25) is 18.0 Å². The summed E-state index contributed by atoms with van der Waals surface area (Å²) in [6, 6.07) is 8.95. The summed E-state index contributed by atoms with van der Waals surface area (Å²) < 4.78 is 0. The van der Waals surface area contributed by atoms with Crippen LogP contribution in [0, 0.1) is 0 Å². The lowest BCUT2D eigenvalue weighted by Gasteiger charge is -2.40. The van der Waals surface area contributed by atoms with Gasteiger partial charge in [-0.15, -0.1) is 0 Å². The molecule has 2 aliphatic heterocycles. The molecular formula is C20H27B. The monoisotopic (exact) mass is 278 g/mol. The molecule has 1 aliphatic carbocycles. The number of allylic oxidation sites excluding steroid dienone is 1. The van der Waals surface area contributed by atoms with Crippen LogP contribution in [-0.4, -0.2) is 6.71 Å². The third kappa shape index (κ3) is 2.72. The van der Waals surface area contributed by atoms with Gasteiger partial charge in [0.1, 0.15) is 6.71 Å². The fourth-order valence-corrected chi connectivity index (χ4v) is 5.43. The number of hydrogen-bond acceptors (Lipinski definition) is 0.